The summed E-state index contributed by atoms with van der Waals surface area (Å²) < 4.78 is 38.3. The minimum atomic E-state index is -4.39. The minimum Gasteiger partial charge on any atom is -0.352 e. The van der Waals surface area contributed by atoms with Gasteiger partial charge in [-0.1, -0.05) is 34.1 Å². The lowest BCUT2D eigenvalue weighted by molar-refractivity contribution is -0.137. The molecule has 0 heterocycles. The fraction of sp³-hybridized carbons (Fsp3) is 0.188. The number of rotatable bonds is 4. The topological polar surface area (TPSA) is 29.1 Å². The van der Waals surface area contributed by atoms with E-state index in [1.165, 1.54) is 12.1 Å². The van der Waals surface area contributed by atoms with E-state index in [0.717, 1.165) is 22.2 Å². The van der Waals surface area contributed by atoms with Crippen LogP contribution in [0.15, 0.2) is 53.0 Å². The first-order chi connectivity index (χ1) is 10.4. The van der Waals surface area contributed by atoms with E-state index >= 15 is 0 Å². The monoisotopic (exact) mass is 371 g/mol. The van der Waals surface area contributed by atoms with E-state index in [1.54, 1.807) is 0 Å². The second kappa shape index (κ2) is 6.96. The van der Waals surface area contributed by atoms with Crippen LogP contribution < -0.4 is 5.32 Å². The van der Waals surface area contributed by atoms with Crippen molar-refractivity contribution in [2.45, 2.75) is 12.6 Å². The first kappa shape index (κ1) is 16.5. The van der Waals surface area contributed by atoms with Crippen LogP contribution in [0.2, 0.25) is 0 Å². The Labute approximate surface area is 134 Å². The van der Waals surface area contributed by atoms with E-state index in [9.17, 15) is 18.0 Å². The fourth-order valence-corrected chi connectivity index (χ4v) is 2.41. The molecule has 0 aliphatic rings. The molecule has 0 atom stereocenters. The number of carbonyl (C=O) groups is 1. The molecular formula is C16H13BrF3NO. The van der Waals surface area contributed by atoms with Crippen LogP contribution in [0.4, 0.5) is 13.2 Å². The Bertz CT molecular complexity index is 653. The summed E-state index contributed by atoms with van der Waals surface area (Å²) in [6.45, 7) is 0.405. The van der Waals surface area contributed by atoms with Gasteiger partial charge in [-0.25, -0.2) is 0 Å². The van der Waals surface area contributed by atoms with E-state index in [2.05, 4.69) is 21.2 Å². The predicted molar refractivity (Wildman–Crippen MR) is 81.6 cm³/mol. The Balaban J connectivity index is 1.91. The molecule has 0 radical (unpaired) electrons. The summed E-state index contributed by atoms with van der Waals surface area (Å²) in [6, 6.07) is 11.8. The molecular weight excluding hydrogens is 359 g/mol. The number of nitrogens with one attached hydrogen (secondary N) is 1. The van der Waals surface area contributed by atoms with Crippen molar-refractivity contribution < 1.29 is 18.0 Å². The van der Waals surface area contributed by atoms with Gasteiger partial charge in [0, 0.05) is 16.6 Å². The number of hydrogen-bond donors (Lipinski definition) is 1. The van der Waals surface area contributed by atoms with Gasteiger partial charge in [0.2, 0.25) is 0 Å². The average molecular weight is 372 g/mol. The maximum absolute atomic E-state index is 12.4. The maximum atomic E-state index is 12.4. The lowest BCUT2D eigenvalue weighted by Gasteiger charge is -2.09. The Morgan fingerprint density at radius 2 is 1.68 bits per heavy atom. The highest BCUT2D eigenvalue weighted by atomic mass is 79.9. The molecule has 0 saturated heterocycles. The van der Waals surface area contributed by atoms with Crippen molar-refractivity contribution in [3.63, 3.8) is 0 Å². The Kier molecular flexibility index (Phi) is 5.24. The summed E-state index contributed by atoms with van der Waals surface area (Å²) in [5, 5.41) is 2.69. The second-order valence-corrected chi connectivity index (χ2v) is 5.53. The third-order valence-electron chi connectivity index (χ3n) is 3.11. The highest BCUT2D eigenvalue weighted by molar-refractivity contribution is 9.10. The first-order valence-electron chi connectivity index (χ1n) is 6.57. The molecule has 0 aliphatic heterocycles. The van der Waals surface area contributed by atoms with Crippen molar-refractivity contribution >= 4 is 21.8 Å². The number of benzene rings is 2. The summed E-state index contributed by atoms with van der Waals surface area (Å²) >= 11 is 3.42. The van der Waals surface area contributed by atoms with Crippen LogP contribution in [-0.2, 0) is 12.6 Å². The van der Waals surface area contributed by atoms with Crippen LogP contribution in [0.5, 0.6) is 0 Å². The summed E-state index contributed by atoms with van der Waals surface area (Å²) in [5.74, 6) is -0.388. The highest BCUT2D eigenvalue weighted by Gasteiger charge is 2.30. The Morgan fingerprint density at radius 3 is 2.27 bits per heavy atom. The van der Waals surface area contributed by atoms with Gasteiger partial charge in [-0.3, -0.25) is 4.79 Å². The van der Waals surface area contributed by atoms with Gasteiger partial charge < -0.3 is 5.32 Å². The number of halogens is 4. The third kappa shape index (κ3) is 4.34. The lowest BCUT2D eigenvalue weighted by atomic mass is 10.1. The molecule has 0 spiro atoms. The average Bonchev–Trinajstić information content (AvgIpc) is 2.48. The van der Waals surface area contributed by atoms with E-state index in [4.69, 9.17) is 0 Å². The fourth-order valence-electron chi connectivity index (χ4n) is 1.92. The van der Waals surface area contributed by atoms with Crippen LogP contribution in [0.25, 0.3) is 0 Å². The number of amides is 1. The van der Waals surface area contributed by atoms with Crippen LogP contribution in [0.1, 0.15) is 21.5 Å². The molecule has 0 aromatic heterocycles. The zero-order valence-corrected chi connectivity index (χ0v) is 13.0. The summed E-state index contributed by atoms with van der Waals surface area (Å²) in [4.78, 5) is 11.9. The molecule has 2 aromatic carbocycles. The molecule has 0 bridgehead atoms. The Morgan fingerprint density at radius 1 is 1.05 bits per heavy atom. The molecule has 2 aromatic rings. The molecule has 0 saturated carbocycles. The molecule has 1 amide bonds. The molecule has 22 heavy (non-hydrogen) atoms. The normalized spacial score (nSPS) is 11.3. The summed E-state index contributed by atoms with van der Waals surface area (Å²) in [7, 11) is 0. The van der Waals surface area contributed by atoms with Crippen molar-refractivity contribution in [1.82, 2.24) is 5.32 Å². The maximum Gasteiger partial charge on any atom is 0.416 e. The molecule has 1 N–H and O–H groups in total. The quantitative estimate of drug-likeness (QED) is 0.845. The zero-order chi connectivity index (χ0) is 16.2. The van der Waals surface area contributed by atoms with Gasteiger partial charge >= 0.3 is 6.18 Å². The van der Waals surface area contributed by atoms with E-state index in [-0.39, 0.29) is 11.5 Å². The minimum absolute atomic E-state index is 0.208. The smallest absolute Gasteiger partial charge is 0.352 e. The van der Waals surface area contributed by atoms with Gasteiger partial charge in [-0.05, 0) is 42.3 Å². The number of hydrogen-bond acceptors (Lipinski definition) is 1. The van der Waals surface area contributed by atoms with E-state index in [0.29, 0.717) is 13.0 Å². The lowest BCUT2D eigenvalue weighted by Crippen LogP contribution is -2.25. The van der Waals surface area contributed by atoms with Gasteiger partial charge in [0.05, 0.1) is 5.56 Å². The van der Waals surface area contributed by atoms with Gasteiger partial charge in [-0.2, -0.15) is 13.2 Å². The number of alkyl halides is 3. The van der Waals surface area contributed by atoms with Crippen molar-refractivity contribution in [2.24, 2.45) is 0 Å². The summed E-state index contributed by atoms with van der Waals surface area (Å²) in [5.41, 5.74) is 0.493. The largest absolute Gasteiger partial charge is 0.416 e. The molecule has 6 heteroatoms. The SMILES string of the molecule is O=C(NCCc1ccccc1Br)c1ccc(C(F)(F)F)cc1. The van der Waals surface area contributed by atoms with E-state index < -0.39 is 11.7 Å². The first-order valence-corrected chi connectivity index (χ1v) is 7.36. The van der Waals surface area contributed by atoms with Crippen molar-refractivity contribution in [1.29, 1.82) is 0 Å². The third-order valence-corrected chi connectivity index (χ3v) is 3.89. The molecule has 0 aliphatic carbocycles. The standard InChI is InChI=1S/C16H13BrF3NO/c17-14-4-2-1-3-11(14)9-10-21-15(22)12-5-7-13(8-6-12)16(18,19)20/h1-8H,9-10H2,(H,21,22). The van der Waals surface area contributed by atoms with Crippen LogP contribution in [-0.4, -0.2) is 12.5 Å². The number of carbonyl (C=O) groups excluding carboxylic acids is 1. The molecule has 116 valence electrons. The zero-order valence-electron chi connectivity index (χ0n) is 11.5. The van der Waals surface area contributed by atoms with Gasteiger partial charge in [0.1, 0.15) is 0 Å². The molecule has 2 rings (SSSR count). The van der Waals surface area contributed by atoms with Crippen molar-refractivity contribution in [2.75, 3.05) is 6.54 Å². The highest BCUT2D eigenvalue weighted by Crippen LogP contribution is 2.29. The van der Waals surface area contributed by atoms with E-state index in [1.807, 2.05) is 24.3 Å². The van der Waals surface area contributed by atoms with Crippen LogP contribution in [0.3, 0.4) is 0 Å². The van der Waals surface area contributed by atoms with Gasteiger partial charge in [0.15, 0.2) is 0 Å². The second-order valence-electron chi connectivity index (χ2n) is 4.67. The van der Waals surface area contributed by atoms with Gasteiger partial charge in [0.25, 0.3) is 5.91 Å². The molecule has 0 unspecified atom stereocenters. The van der Waals surface area contributed by atoms with Crippen molar-refractivity contribution in [3.05, 3.63) is 69.7 Å². The van der Waals surface area contributed by atoms with Gasteiger partial charge in [-0.15, -0.1) is 0 Å². The van der Waals surface area contributed by atoms with Crippen molar-refractivity contribution in [3.8, 4) is 0 Å². The molecule has 0 fully saturated rings. The predicted octanol–water partition coefficient (Wildman–Crippen LogP) is 4.44. The Hall–Kier alpha value is -1.82. The molecule has 2 nitrogen and oxygen atoms in total. The van der Waals surface area contributed by atoms with Crippen LogP contribution in [0, 0.1) is 0 Å². The van der Waals surface area contributed by atoms with Crippen LogP contribution >= 0.6 is 15.9 Å². The summed E-state index contributed by atoms with van der Waals surface area (Å²) in [6.07, 6.45) is -3.76.